The zero-order valence-electron chi connectivity index (χ0n) is 14.8. The minimum absolute atomic E-state index is 0.0587. The van der Waals surface area contributed by atoms with Crippen molar-refractivity contribution in [2.75, 3.05) is 13.1 Å². The third-order valence-electron chi connectivity index (χ3n) is 5.49. The molecule has 5 nitrogen and oxygen atoms in total. The maximum atomic E-state index is 12.3. The van der Waals surface area contributed by atoms with Gasteiger partial charge < -0.3 is 9.42 Å². The Morgan fingerprint density at radius 3 is 2.88 bits per heavy atom. The molecule has 132 valence electrons. The summed E-state index contributed by atoms with van der Waals surface area (Å²) in [5, 5.41) is 4.19. The summed E-state index contributed by atoms with van der Waals surface area (Å²) in [7, 11) is 0. The molecule has 0 N–H and O–H groups in total. The molecular formula is C20H25N3O2. The van der Waals surface area contributed by atoms with E-state index in [-0.39, 0.29) is 11.8 Å². The number of aromatic nitrogens is 2. The zero-order chi connectivity index (χ0) is 17.2. The fraction of sp³-hybridized carbons (Fsp3) is 0.550. The maximum Gasteiger partial charge on any atom is 0.258 e. The van der Waals surface area contributed by atoms with Gasteiger partial charge in [0, 0.05) is 31.0 Å². The number of benzene rings is 1. The van der Waals surface area contributed by atoms with Crippen LogP contribution in [-0.4, -0.2) is 34.0 Å². The second kappa shape index (κ2) is 6.98. The molecule has 1 aromatic carbocycles. The molecule has 1 aliphatic heterocycles. The third kappa shape index (κ3) is 3.32. The Labute approximate surface area is 148 Å². The van der Waals surface area contributed by atoms with Crippen LogP contribution < -0.4 is 0 Å². The van der Waals surface area contributed by atoms with Crippen molar-refractivity contribution in [2.24, 2.45) is 5.92 Å². The summed E-state index contributed by atoms with van der Waals surface area (Å²) in [6.45, 7) is 3.79. The summed E-state index contributed by atoms with van der Waals surface area (Å²) in [6.07, 6.45) is 6.39. The molecule has 2 aliphatic rings. The number of hydrogen-bond acceptors (Lipinski definition) is 4. The Morgan fingerprint density at radius 1 is 1.28 bits per heavy atom. The molecule has 1 unspecified atom stereocenters. The second-order valence-electron chi connectivity index (χ2n) is 7.36. The summed E-state index contributed by atoms with van der Waals surface area (Å²) >= 11 is 0. The molecule has 1 amide bonds. The molecule has 1 atom stereocenters. The molecule has 4 rings (SSSR count). The van der Waals surface area contributed by atoms with Gasteiger partial charge in [0.2, 0.25) is 5.91 Å². The molecule has 1 aromatic heterocycles. The van der Waals surface area contributed by atoms with Crippen LogP contribution in [0.3, 0.4) is 0 Å². The molecule has 2 aromatic rings. The van der Waals surface area contributed by atoms with Crippen LogP contribution in [0.4, 0.5) is 0 Å². The SMILES string of the molecule is CCCc1ccccc1-c1nc(C2CC(=O)N(CC3CCC3)C2)no1. The summed E-state index contributed by atoms with van der Waals surface area (Å²) in [5.74, 6) is 2.23. The van der Waals surface area contributed by atoms with Crippen molar-refractivity contribution in [1.82, 2.24) is 15.0 Å². The second-order valence-corrected chi connectivity index (χ2v) is 7.36. The number of likely N-dealkylation sites (tertiary alicyclic amines) is 1. The van der Waals surface area contributed by atoms with Gasteiger partial charge in [-0.3, -0.25) is 4.79 Å². The molecule has 0 bridgehead atoms. The molecule has 1 aliphatic carbocycles. The van der Waals surface area contributed by atoms with E-state index in [1.165, 1.54) is 24.8 Å². The van der Waals surface area contributed by atoms with Crippen LogP contribution in [0.5, 0.6) is 0 Å². The fourth-order valence-electron chi connectivity index (χ4n) is 3.83. The summed E-state index contributed by atoms with van der Waals surface area (Å²) in [4.78, 5) is 18.9. The molecule has 25 heavy (non-hydrogen) atoms. The first-order valence-electron chi connectivity index (χ1n) is 9.44. The highest BCUT2D eigenvalue weighted by molar-refractivity contribution is 5.79. The van der Waals surface area contributed by atoms with Gasteiger partial charge in [-0.1, -0.05) is 43.1 Å². The summed E-state index contributed by atoms with van der Waals surface area (Å²) < 4.78 is 5.54. The van der Waals surface area contributed by atoms with E-state index in [4.69, 9.17) is 4.52 Å². The first kappa shape index (κ1) is 16.3. The highest BCUT2D eigenvalue weighted by Gasteiger charge is 2.35. The van der Waals surface area contributed by atoms with Crippen molar-refractivity contribution >= 4 is 5.91 Å². The Hall–Kier alpha value is -2.17. The van der Waals surface area contributed by atoms with Crippen molar-refractivity contribution < 1.29 is 9.32 Å². The smallest absolute Gasteiger partial charge is 0.258 e. The largest absolute Gasteiger partial charge is 0.342 e. The van der Waals surface area contributed by atoms with Crippen LogP contribution in [-0.2, 0) is 11.2 Å². The normalized spacial score (nSPS) is 20.9. The number of carbonyl (C=O) groups is 1. The van der Waals surface area contributed by atoms with Gasteiger partial charge >= 0.3 is 0 Å². The minimum Gasteiger partial charge on any atom is -0.342 e. The number of amides is 1. The van der Waals surface area contributed by atoms with Gasteiger partial charge in [0.25, 0.3) is 5.89 Å². The molecular weight excluding hydrogens is 314 g/mol. The first-order chi connectivity index (χ1) is 12.2. The van der Waals surface area contributed by atoms with E-state index >= 15 is 0 Å². The monoisotopic (exact) mass is 339 g/mol. The number of hydrogen-bond donors (Lipinski definition) is 0. The van der Waals surface area contributed by atoms with Crippen LogP contribution in [0, 0.1) is 5.92 Å². The van der Waals surface area contributed by atoms with E-state index < -0.39 is 0 Å². The predicted octanol–water partition coefficient (Wildman–Crippen LogP) is 3.81. The Kier molecular flexibility index (Phi) is 4.55. The molecule has 2 heterocycles. The lowest BCUT2D eigenvalue weighted by molar-refractivity contribution is -0.128. The third-order valence-corrected chi connectivity index (χ3v) is 5.49. The van der Waals surface area contributed by atoms with E-state index in [9.17, 15) is 4.79 Å². The fourth-order valence-corrected chi connectivity index (χ4v) is 3.83. The Morgan fingerprint density at radius 2 is 2.12 bits per heavy atom. The van der Waals surface area contributed by atoms with Gasteiger partial charge in [-0.2, -0.15) is 4.98 Å². The van der Waals surface area contributed by atoms with E-state index in [1.807, 2.05) is 23.1 Å². The molecule has 5 heteroatoms. The number of carbonyl (C=O) groups excluding carboxylic acids is 1. The summed E-state index contributed by atoms with van der Waals surface area (Å²) in [6, 6.07) is 8.19. The predicted molar refractivity (Wildman–Crippen MR) is 95.0 cm³/mol. The molecule has 2 fully saturated rings. The van der Waals surface area contributed by atoms with Crippen LogP contribution >= 0.6 is 0 Å². The zero-order valence-corrected chi connectivity index (χ0v) is 14.8. The van der Waals surface area contributed by atoms with Crippen molar-refractivity contribution in [3.05, 3.63) is 35.7 Å². The first-order valence-corrected chi connectivity index (χ1v) is 9.44. The van der Waals surface area contributed by atoms with Crippen LogP contribution in [0.15, 0.2) is 28.8 Å². The van der Waals surface area contributed by atoms with Crippen molar-refractivity contribution in [3.8, 4) is 11.5 Å². The lowest BCUT2D eigenvalue weighted by atomic mass is 9.85. The van der Waals surface area contributed by atoms with Gasteiger partial charge in [0.1, 0.15) is 0 Å². The van der Waals surface area contributed by atoms with Gasteiger partial charge in [0.15, 0.2) is 5.82 Å². The lowest BCUT2D eigenvalue weighted by Crippen LogP contribution is -2.33. The van der Waals surface area contributed by atoms with Crippen molar-refractivity contribution in [3.63, 3.8) is 0 Å². The van der Waals surface area contributed by atoms with Crippen molar-refractivity contribution in [2.45, 2.75) is 51.4 Å². The molecule has 1 saturated heterocycles. The molecule has 0 spiro atoms. The maximum absolute atomic E-state index is 12.3. The van der Waals surface area contributed by atoms with Crippen molar-refractivity contribution in [1.29, 1.82) is 0 Å². The van der Waals surface area contributed by atoms with E-state index in [0.717, 1.165) is 31.5 Å². The summed E-state index contributed by atoms with van der Waals surface area (Å²) in [5.41, 5.74) is 2.24. The van der Waals surface area contributed by atoms with E-state index in [1.54, 1.807) is 0 Å². The minimum atomic E-state index is 0.0587. The average molecular weight is 339 g/mol. The quantitative estimate of drug-likeness (QED) is 0.803. The highest BCUT2D eigenvalue weighted by Crippen LogP contribution is 2.33. The Balaban J connectivity index is 1.49. The topological polar surface area (TPSA) is 59.2 Å². The van der Waals surface area contributed by atoms with Gasteiger partial charge in [-0.15, -0.1) is 0 Å². The average Bonchev–Trinajstić information content (AvgIpc) is 3.19. The Bertz CT molecular complexity index is 751. The van der Waals surface area contributed by atoms with Crippen LogP contribution in [0.2, 0.25) is 0 Å². The standard InChI is InChI=1S/C20H25N3O2/c1-2-6-15-9-3-4-10-17(15)20-21-19(22-25-20)16-11-18(24)23(13-16)12-14-7-5-8-14/h3-4,9-10,14,16H,2,5-8,11-13H2,1H3. The van der Waals surface area contributed by atoms with E-state index in [2.05, 4.69) is 23.1 Å². The van der Waals surface area contributed by atoms with E-state index in [0.29, 0.717) is 24.1 Å². The highest BCUT2D eigenvalue weighted by atomic mass is 16.5. The van der Waals surface area contributed by atoms with Gasteiger partial charge in [0.05, 0.1) is 0 Å². The van der Waals surface area contributed by atoms with Crippen LogP contribution in [0.1, 0.15) is 56.3 Å². The lowest BCUT2D eigenvalue weighted by Gasteiger charge is -2.30. The van der Waals surface area contributed by atoms with Crippen LogP contribution in [0.25, 0.3) is 11.5 Å². The number of nitrogens with zero attached hydrogens (tertiary/aromatic N) is 3. The molecule has 1 saturated carbocycles. The number of aryl methyl sites for hydroxylation is 1. The van der Waals surface area contributed by atoms with Gasteiger partial charge in [-0.25, -0.2) is 0 Å². The van der Waals surface area contributed by atoms with Gasteiger partial charge in [-0.05, 0) is 36.8 Å². The molecule has 0 radical (unpaired) electrons. The number of rotatable bonds is 6.